The highest BCUT2D eigenvalue weighted by Gasteiger charge is 2.16. The number of aliphatic carboxylic acids is 1. The number of nitrogens with zero attached hydrogens (tertiary/aromatic N) is 2. The van der Waals surface area contributed by atoms with Crippen molar-refractivity contribution in [2.75, 3.05) is 0 Å². The number of nitrogens with one attached hydrogen (secondary N) is 1. The van der Waals surface area contributed by atoms with E-state index in [9.17, 15) is 9.90 Å². The SMILES string of the molecule is CCCCC(NCc1csc(-c2ccccn2)n1)C(=O)O. The van der Waals surface area contributed by atoms with Crippen LogP contribution in [0, 0.1) is 0 Å². The van der Waals surface area contributed by atoms with Gasteiger partial charge in [-0.25, -0.2) is 4.98 Å². The summed E-state index contributed by atoms with van der Waals surface area (Å²) in [5, 5.41) is 15.0. The van der Waals surface area contributed by atoms with Gasteiger partial charge in [0.05, 0.1) is 11.4 Å². The lowest BCUT2D eigenvalue weighted by atomic mass is 10.1. The first kappa shape index (κ1) is 15.6. The van der Waals surface area contributed by atoms with Crippen molar-refractivity contribution in [3.05, 3.63) is 35.5 Å². The molecule has 6 heteroatoms. The largest absolute Gasteiger partial charge is 0.480 e. The van der Waals surface area contributed by atoms with Gasteiger partial charge >= 0.3 is 5.97 Å². The summed E-state index contributed by atoms with van der Waals surface area (Å²) in [5.41, 5.74) is 1.69. The summed E-state index contributed by atoms with van der Waals surface area (Å²) in [6.45, 7) is 2.52. The van der Waals surface area contributed by atoms with Crippen molar-refractivity contribution in [2.45, 2.75) is 38.8 Å². The van der Waals surface area contributed by atoms with Gasteiger partial charge in [0.2, 0.25) is 0 Å². The second-order valence-electron chi connectivity index (χ2n) is 4.77. The zero-order valence-electron chi connectivity index (χ0n) is 12.0. The van der Waals surface area contributed by atoms with Crippen LogP contribution in [0.1, 0.15) is 31.9 Å². The van der Waals surface area contributed by atoms with Crippen LogP contribution in [0.25, 0.3) is 10.7 Å². The lowest BCUT2D eigenvalue weighted by molar-refractivity contribution is -0.139. The van der Waals surface area contributed by atoms with E-state index in [0.29, 0.717) is 13.0 Å². The number of carbonyl (C=O) groups is 1. The number of pyridine rings is 1. The summed E-state index contributed by atoms with van der Waals surface area (Å²) >= 11 is 1.52. The molecule has 2 N–H and O–H groups in total. The Kier molecular flexibility index (Phi) is 5.83. The van der Waals surface area contributed by atoms with Gasteiger partial charge in [-0.05, 0) is 18.6 Å². The first-order valence-corrected chi connectivity index (χ1v) is 7.90. The summed E-state index contributed by atoms with van der Waals surface area (Å²) < 4.78 is 0. The highest BCUT2D eigenvalue weighted by atomic mass is 32.1. The molecule has 0 fully saturated rings. The van der Waals surface area contributed by atoms with E-state index in [-0.39, 0.29) is 0 Å². The van der Waals surface area contributed by atoms with Gasteiger partial charge in [-0.2, -0.15) is 0 Å². The molecule has 0 saturated carbocycles. The van der Waals surface area contributed by atoms with Crippen LogP contribution in [0.2, 0.25) is 0 Å². The molecule has 2 aromatic heterocycles. The Bertz CT molecular complexity index is 571. The molecule has 0 bridgehead atoms. The maximum absolute atomic E-state index is 11.2. The monoisotopic (exact) mass is 305 g/mol. The molecule has 0 aliphatic carbocycles. The predicted molar refractivity (Wildman–Crippen MR) is 83.1 cm³/mol. The molecule has 2 aromatic rings. The van der Waals surface area contributed by atoms with Crippen LogP contribution in [0.4, 0.5) is 0 Å². The summed E-state index contributed by atoms with van der Waals surface area (Å²) in [7, 11) is 0. The Balaban J connectivity index is 1.94. The van der Waals surface area contributed by atoms with Gasteiger partial charge in [0.15, 0.2) is 0 Å². The fourth-order valence-corrected chi connectivity index (χ4v) is 2.74. The molecule has 0 aliphatic heterocycles. The quantitative estimate of drug-likeness (QED) is 0.784. The summed E-state index contributed by atoms with van der Waals surface area (Å²) in [4.78, 5) is 19.9. The molecule has 2 heterocycles. The second kappa shape index (κ2) is 7.85. The number of thiazole rings is 1. The molecule has 2 rings (SSSR count). The Morgan fingerprint density at radius 2 is 2.33 bits per heavy atom. The number of aromatic nitrogens is 2. The van der Waals surface area contributed by atoms with E-state index in [1.165, 1.54) is 11.3 Å². The van der Waals surface area contributed by atoms with Gasteiger partial charge in [-0.3, -0.25) is 15.1 Å². The Morgan fingerprint density at radius 3 is 3.00 bits per heavy atom. The predicted octanol–water partition coefficient (Wildman–Crippen LogP) is 2.94. The first-order chi connectivity index (χ1) is 10.2. The molecule has 112 valence electrons. The molecule has 21 heavy (non-hydrogen) atoms. The minimum absolute atomic E-state index is 0.462. The van der Waals surface area contributed by atoms with E-state index in [0.717, 1.165) is 29.2 Å². The van der Waals surface area contributed by atoms with Crippen molar-refractivity contribution in [3.63, 3.8) is 0 Å². The molecule has 1 atom stereocenters. The molecule has 0 aliphatic rings. The Morgan fingerprint density at radius 1 is 1.48 bits per heavy atom. The summed E-state index contributed by atoms with van der Waals surface area (Å²) in [5.74, 6) is -0.802. The van der Waals surface area contributed by atoms with E-state index in [1.54, 1.807) is 6.20 Å². The van der Waals surface area contributed by atoms with Crippen LogP contribution in [-0.2, 0) is 11.3 Å². The number of carboxylic acids is 1. The Hall–Kier alpha value is -1.79. The van der Waals surface area contributed by atoms with Crippen molar-refractivity contribution in [1.82, 2.24) is 15.3 Å². The zero-order valence-corrected chi connectivity index (χ0v) is 12.8. The topological polar surface area (TPSA) is 75.1 Å². The number of hydrogen-bond acceptors (Lipinski definition) is 5. The molecule has 1 unspecified atom stereocenters. The number of rotatable bonds is 8. The molecule has 0 spiro atoms. The number of carboxylic acid groups (broad SMARTS) is 1. The number of hydrogen-bond donors (Lipinski definition) is 2. The molecule has 0 amide bonds. The van der Waals surface area contributed by atoms with Gasteiger partial charge in [0, 0.05) is 18.1 Å². The van der Waals surface area contributed by atoms with Crippen molar-refractivity contribution >= 4 is 17.3 Å². The normalized spacial score (nSPS) is 12.2. The van der Waals surface area contributed by atoms with Crippen molar-refractivity contribution in [3.8, 4) is 10.7 Å². The third-order valence-corrected chi connectivity index (χ3v) is 4.02. The minimum atomic E-state index is -0.802. The maximum atomic E-state index is 11.2. The number of unbranched alkanes of at least 4 members (excludes halogenated alkanes) is 1. The van der Waals surface area contributed by atoms with Crippen LogP contribution >= 0.6 is 11.3 Å². The average Bonchev–Trinajstić information content (AvgIpc) is 2.97. The summed E-state index contributed by atoms with van der Waals surface area (Å²) in [6, 6.07) is 5.19. The van der Waals surface area contributed by atoms with E-state index >= 15 is 0 Å². The molecule has 0 aromatic carbocycles. The fraction of sp³-hybridized carbons (Fsp3) is 0.400. The van der Waals surface area contributed by atoms with Crippen molar-refractivity contribution in [1.29, 1.82) is 0 Å². The van der Waals surface area contributed by atoms with Gasteiger partial charge in [0.1, 0.15) is 11.0 Å². The van der Waals surface area contributed by atoms with E-state index in [2.05, 4.69) is 22.2 Å². The van der Waals surface area contributed by atoms with Gasteiger partial charge in [0.25, 0.3) is 0 Å². The highest BCUT2D eigenvalue weighted by Crippen LogP contribution is 2.21. The Labute approximate surface area is 128 Å². The minimum Gasteiger partial charge on any atom is -0.480 e. The molecular weight excluding hydrogens is 286 g/mol. The van der Waals surface area contributed by atoms with Crippen LogP contribution < -0.4 is 5.32 Å². The second-order valence-corrected chi connectivity index (χ2v) is 5.63. The van der Waals surface area contributed by atoms with E-state index in [1.807, 2.05) is 23.6 Å². The van der Waals surface area contributed by atoms with Gasteiger partial charge in [-0.15, -0.1) is 11.3 Å². The van der Waals surface area contributed by atoms with Crippen LogP contribution in [0.15, 0.2) is 29.8 Å². The van der Waals surface area contributed by atoms with E-state index < -0.39 is 12.0 Å². The fourth-order valence-electron chi connectivity index (χ4n) is 1.94. The first-order valence-electron chi connectivity index (χ1n) is 7.02. The van der Waals surface area contributed by atoms with E-state index in [4.69, 9.17) is 0 Å². The third kappa shape index (κ3) is 4.61. The van der Waals surface area contributed by atoms with Gasteiger partial charge in [-0.1, -0.05) is 25.8 Å². The van der Waals surface area contributed by atoms with Crippen LogP contribution in [-0.4, -0.2) is 27.1 Å². The molecule has 5 nitrogen and oxygen atoms in total. The molecular formula is C15H19N3O2S. The van der Waals surface area contributed by atoms with Crippen molar-refractivity contribution < 1.29 is 9.90 Å². The molecule has 0 radical (unpaired) electrons. The third-order valence-electron chi connectivity index (χ3n) is 3.11. The zero-order chi connectivity index (χ0) is 15.1. The van der Waals surface area contributed by atoms with Gasteiger partial charge < -0.3 is 5.11 Å². The highest BCUT2D eigenvalue weighted by molar-refractivity contribution is 7.13. The lowest BCUT2D eigenvalue weighted by Gasteiger charge is -2.12. The average molecular weight is 305 g/mol. The smallest absolute Gasteiger partial charge is 0.320 e. The van der Waals surface area contributed by atoms with Crippen molar-refractivity contribution in [2.24, 2.45) is 0 Å². The van der Waals surface area contributed by atoms with Crippen LogP contribution in [0.3, 0.4) is 0 Å². The molecule has 0 saturated heterocycles. The standard InChI is InChI=1S/C15H19N3O2S/c1-2-3-6-13(15(19)20)17-9-11-10-21-14(18-11)12-7-4-5-8-16-12/h4-5,7-8,10,13,17H,2-3,6,9H2,1H3,(H,19,20). The maximum Gasteiger partial charge on any atom is 0.320 e. The lowest BCUT2D eigenvalue weighted by Crippen LogP contribution is -2.36. The van der Waals surface area contributed by atoms with Crippen LogP contribution in [0.5, 0.6) is 0 Å². The summed E-state index contributed by atoms with van der Waals surface area (Å²) in [6.07, 6.45) is 4.27.